The molecule has 0 unspecified atom stereocenters. The van der Waals surface area contributed by atoms with Gasteiger partial charge in [0.25, 0.3) is 0 Å². The van der Waals surface area contributed by atoms with Gasteiger partial charge in [0.2, 0.25) is 0 Å². The highest BCUT2D eigenvalue weighted by atomic mass is 16.5. The van der Waals surface area contributed by atoms with E-state index in [1.807, 2.05) is 31.2 Å². The van der Waals surface area contributed by atoms with Gasteiger partial charge in [-0.3, -0.25) is 0 Å². The highest BCUT2D eigenvalue weighted by Gasteiger charge is 2.07. The summed E-state index contributed by atoms with van der Waals surface area (Å²) < 4.78 is 15.8. The molecule has 0 saturated heterocycles. The number of ether oxygens (including phenoxy) is 3. The van der Waals surface area contributed by atoms with Crippen LogP contribution < -0.4 is 20.1 Å². The van der Waals surface area contributed by atoms with E-state index in [-0.39, 0.29) is 12.0 Å². The Bertz CT molecular complexity index is 729. The van der Waals surface area contributed by atoms with Gasteiger partial charge in [-0.1, -0.05) is 0 Å². The molecule has 0 bridgehead atoms. The zero-order valence-electron chi connectivity index (χ0n) is 15.5. The molecule has 2 aromatic rings. The van der Waals surface area contributed by atoms with Crippen LogP contribution in [0, 0.1) is 0 Å². The van der Waals surface area contributed by atoms with E-state index in [1.54, 1.807) is 31.2 Å². The third kappa shape index (κ3) is 6.89. The molecule has 0 radical (unpaired) electrons. The minimum Gasteiger partial charge on any atom is -0.494 e. The van der Waals surface area contributed by atoms with E-state index in [0.717, 1.165) is 5.75 Å². The van der Waals surface area contributed by atoms with Crippen LogP contribution in [-0.2, 0) is 4.74 Å². The lowest BCUT2D eigenvalue weighted by molar-refractivity contribution is 0.0526. The Kier molecular flexibility index (Phi) is 7.96. The minimum atomic E-state index is -0.389. The fourth-order valence-electron chi connectivity index (χ4n) is 2.21. The molecule has 0 aliphatic rings. The van der Waals surface area contributed by atoms with E-state index >= 15 is 0 Å². The summed E-state index contributed by atoms with van der Waals surface area (Å²) in [6, 6.07) is 13.4. The van der Waals surface area contributed by atoms with Crippen LogP contribution in [0.2, 0.25) is 0 Å². The number of urea groups is 1. The van der Waals surface area contributed by atoms with Crippen LogP contribution in [0.5, 0.6) is 11.5 Å². The number of hydrogen-bond donors (Lipinski definition) is 2. The summed E-state index contributed by atoms with van der Waals surface area (Å²) in [4.78, 5) is 23.5. The maximum Gasteiger partial charge on any atom is 0.338 e. The van der Waals surface area contributed by atoms with Gasteiger partial charge >= 0.3 is 12.0 Å². The second kappa shape index (κ2) is 10.7. The summed E-state index contributed by atoms with van der Waals surface area (Å²) in [6.45, 7) is 5.29. The Morgan fingerprint density at radius 2 is 1.48 bits per heavy atom. The number of anilines is 1. The summed E-state index contributed by atoms with van der Waals surface area (Å²) in [5, 5.41) is 5.39. The summed E-state index contributed by atoms with van der Waals surface area (Å²) in [7, 11) is 0. The van der Waals surface area contributed by atoms with E-state index in [1.165, 1.54) is 0 Å². The van der Waals surface area contributed by atoms with Gasteiger partial charge in [-0.15, -0.1) is 0 Å². The second-order valence-corrected chi connectivity index (χ2v) is 5.43. The topological polar surface area (TPSA) is 85.9 Å². The second-order valence-electron chi connectivity index (χ2n) is 5.43. The molecule has 7 nitrogen and oxygen atoms in total. The SMILES string of the molecule is CCOC(=O)c1ccc(NC(=O)NCCOc2ccc(OCC)cc2)cc1. The van der Waals surface area contributed by atoms with Crippen LogP contribution >= 0.6 is 0 Å². The fraction of sp³-hybridized carbons (Fsp3) is 0.300. The van der Waals surface area contributed by atoms with Gasteiger partial charge in [-0.05, 0) is 62.4 Å². The molecular weight excluding hydrogens is 348 g/mol. The molecule has 0 aliphatic heterocycles. The van der Waals surface area contributed by atoms with Crippen molar-refractivity contribution in [2.24, 2.45) is 0 Å². The molecule has 2 amide bonds. The summed E-state index contributed by atoms with van der Waals surface area (Å²) in [5.74, 6) is 1.10. The van der Waals surface area contributed by atoms with Crippen molar-refractivity contribution >= 4 is 17.7 Å². The van der Waals surface area contributed by atoms with Crippen LogP contribution in [0.15, 0.2) is 48.5 Å². The molecule has 2 rings (SSSR count). The number of hydrogen-bond acceptors (Lipinski definition) is 5. The molecule has 2 N–H and O–H groups in total. The summed E-state index contributed by atoms with van der Waals surface area (Å²) in [5.41, 5.74) is 1.01. The molecule has 27 heavy (non-hydrogen) atoms. The first-order valence-electron chi connectivity index (χ1n) is 8.80. The molecule has 0 saturated carbocycles. The Morgan fingerprint density at radius 3 is 2.07 bits per heavy atom. The average Bonchev–Trinajstić information content (AvgIpc) is 2.67. The van der Waals surface area contributed by atoms with Crippen LogP contribution in [0.3, 0.4) is 0 Å². The van der Waals surface area contributed by atoms with Crippen molar-refractivity contribution in [2.45, 2.75) is 13.8 Å². The lowest BCUT2D eigenvalue weighted by atomic mass is 10.2. The number of carbonyl (C=O) groups excluding carboxylic acids is 2. The van der Waals surface area contributed by atoms with Crippen LogP contribution in [0.25, 0.3) is 0 Å². The molecule has 0 aromatic heterocycles. The number of nitrogens with one attached hydrogen (secondary N) is 2. The number of esters is 1. The predicted octanol–water partition coefficient (Wildman–Crippen LogP) is 3.46. The van der Waals surface area contributed by atoms with E-state index < -0.39 is 0 Å². The van der Waals surface area contributed by atoms with Crippen molar-refractivity contribution in [1.82, 2.24) is 5.32 Å². The van der Waals surface area contributed by atoms with Crippen LogP contribution in [0.1, 0.15) is 24.2 Å². The Morgan fingerprint density at radius 1 is 0.852 bits per heavy atom. The van der Waals surface area contributed by atoms with Gasteiger partial charge in [-0.25, -0.2) is 9.59 Å². The molecule has 0 spiro atoms. The molecule has 2 aromatic carbocycles. The van der Waals surface area contributed by atoms with E-state index in [4.69, 9.17) is 14.2 Å². The van der Waals surface area contributed by atoms with Crippen molar-refractivity contribution < 1.29 is 23.8 Å². The summed E-state index contributed by atoms with van der Waals surface area (Å²) in [6.07, 6.45) is 0. The first kappa shape index (κ1) is 20.1. The van der Waals surface area contributed by atoms with Gasteiger partial charge in [-0.2, -0.15) is 0 Å². The van der Waals surface area contributed by atoms with Crippen molar-refractivity contribution in [3.63, 3.8) is 0 Å². The van der Waals surface area contributed by atoms with Crippen molar-refractivity contribution in [3.8, 4) is 11.5 Å². The average molecular weight is 372 g/mol. The molecule has 0 heterocycles. The largest absolute Gasteiger partial charge is 0.494 e. The zero-order chi connectivity index (χ0) is 19.5. The molecule has 0 atom stereocenters. The first-order valence-corrected chi connectivity index (χ1v) is 8.80. The monoisotopic (exact) mass is 372 g/mol. The Hall–Kier alpha value is -3.22. The number of benzene rings is 2. The molecule has 7 heteroatoms. The van der Waals surface area contributed by atoms with Gasteiger partial charge in [0.05, 0.1) is 25.3 Å². The quantitative estimate of drug-likeness (QED) is 0.520. The van der Waals surface area contributed by atoms with Crippen molar-refractivity contribution in [3.05, 3.63) is 54.1 Å². The van der Waals surface area contributed by atoms with Crippen molar-refractivity contribution in [1.29, 1.82) is 0 Å². The van der Waals surface area contributed by atoms with Gasteiger partial charge in [0.15, 0.2) is 0 Å². The maximum atomic E-state index is 11.9. The predicted molar refractivity (Wildman–Crippen MR) is 103 cm³/mol. The highest BCUT2D eigenvalue weighted by Crippen LogP contribution is 2.17. The fourth-order valence-corrected chi connectivity index (χ4v) is 2.21. The molecule has 0 aliphatic carbocycles. The zero-order valence-corrected chi connectivity index (χ0v) is 15.5. The van der Waals surface area contributed by atoms with Gasteiger partial charge < -0.3 is 24.8 Å². The minimum absolute atomic E-state index is 0.319. The van der Waals surface area contributed by atoms with E-state index in [2.05, 4.69) is 10.6 Å². The Balaban J connectivity index is 1.69. The lowest BCUT2D eigenvalue weighted by Gasteiger charge is -2.10. The maximum absolute atomic E-state index is 11.9. The van der Waals surface area contributed by atoms with Gasteiger partial charge in [0, 0.05) is 5.69 Å². The smallest absolute Gasteiger partial charge is 0.338 e. The van der Waals surface area contributed by atoms with E-state index in [9.17, 15) is 9.59 Å². The third-order valence-electron chi connectivity index (χ3n) is 3.44. The molecule has 144 valence electrons. The number of amides is 2. The molecule has 0 fully saturated rings. The number of rotatable bonds is 9. The van der Waals surface area contributed by atoms with Crippen molar-refractivity contribution in [2.75, 3.05) is 31.7 Å². The van der Waals surface area contributed by atoms with Crippen LogP contribution in [0.4, 0.5) is 10.5 Å². The normalized spacial score (nSPS) is 10.0. The Labute approximate surface area is 158 Å². The third-order valence-corrected chi connectivity index (χ3v) is 3.44. The summed E-state index contributed by atoms with van der Waals surface area (Å²) >= 11 is 0. The lowest BCUT2D eigenvalue weighted by Crippen LogP contribution is -2.32. The first-order chi connectivity index (χ1) is 13.1. The number of carbonyl (C=O) groups is 2. The van der Waals surface area contributed by atoms with Gasteiger partial charge in [0.1, 0.15) is 18.1 Å². The standard InChI is InChI=1S/C20H24N2O5/c1-3-25-17-9-11-18(12-10-17)27-14-13-21-20(24)22-16-7-5-15(6-8-16)19(23)26-4-2/h5-12H,3-4,13-14H2,1-2H3,(H2,21,22,24). The van der Waals surface area contributed by atoms with Crippen LogP contribution in [-0.4, -0.2) is 38.4 Å². The highest BCUT2D eigenvalue weighted by molar-refractivity contribution is 5.92. The van der Waals surface area contributed by atoms with E-state index in [0.29, 0.717) is 43.4 Å². The molecular formula is C20H24N2O5.